The molecule has 2 rings (SSSR count). The van der Waals surface area contributed by atoms with Crippen molar-refractivity contribution in [3.05, 3.63) is 11.6 Å². The van der Waals surface area contributed by atoms with Crippen molar-refractivity contribution in [1.29, 1.82) is 0 Å². The van der Waals surface area contributed by atoms with Gasteiger partial charge in [-0.2, -0.15) is 0 Å². The van der Waals surface area contributed by atoms with E-state index in [1.165, 1.54) is 0 Å². The molecule has 0 bridgehead atoms. The highest BCUT2D eigenvalue weighted by Crippen LogP contribution is 2.07. The van der Waals surface area contributed by atoms with Crippen molar-refractivity contribution >= 4 is 5.96 Å². The summed E-state index contributed by atoms with van der Waals surface area (Å²) >= 11 is 0. The summed E-state index contributed by atoms with van der Waals surface area (Å²) in [6, 6.07) is 0. The van der Waals surface area contributed by atoms with E-state index in [9.17, 15) is 0 Å². The maximum absolute atomic E-state index is 5.89. The first-order valence-corrected chi connectivity index (χ1v) is 9.20. The van der Waals surface area contributed by atoms with Gasteiger partial charge in [0.2, 0.25) is 0 Å². The normalized spacial score (nSPS) is 19.4. The standard InChI is InChI=1S/C17H33N7O/c1-6-18-17(20-10-16-22-21-14(4)23(16)5)19-9-15-12-24(7-8-25-15)11-13(2)3/h13,15H,6-12H2,1-5H3,(H2,18,19,20). The molecule has 1 saturated heterocycles. The van der Waals surface area contributed by atoms with Crippen LogP contribution in [0, 0.1) is 12.8 Å². The maximum Gasteiger partial charge on any atom is 0.191 e. The minimum atomic E-state index is 0.188. The Balaban J connectivity index is 1.86. The van der Waals surface area contributed by atoms with Crippen LogP contribution < -0.4 is 10.6 Å². The van der Waals surface area contributed by atoms with Crippen LogP contribution in [0.5, 0.6) is 0 Å². The lowest BCUT2D eigenvalue weighted by atomic mass is 10.2. The molecule has 2 N–H and O–H groups in total. The molecule has 8 heteroatoms. The SMILES string of the molecule is CCNC(=NCc1nnc(C)n1C)NCC1CN(CC(C)C)CCO1. The summed E-state index contributed by atoms with van der Waals surface area (Å²) in [6.07, 6.45) is 0.188. The maximum atomic E-state index is 5.89. The van der Waals surface area contributed by atoms with E-state index in [1.54, 1.807) is 0 Å². The first kappa shape index (κ1) is 19.7. The van der Waals surface area contributed by atoms with Crippen LogP contribution in [0.4, 0.5) is 0 Å². The smallest absolute Gasteiger partial charge is 0.191 e. The van der Waals surface area contributed by atoms with E-state index in [2.05, 4.69) is 51.5 Å². The van der Waals surface area contributed by atoms with Gasteiger partial charge in [-0.05, 0) is 19.8 Å². The lowest BCUT2D eigenvalue weighted by Gasteiger charge is -2.34. The molecule has 0 amide bonds. The van der Waals surface area contributed by atoms with Crippen LogP contribution >= 0.6 is 0 Å². The molecule has 1 unspecified atom stereocenters. The van der Waals surface area contributed by atoms with Gasteiger partial charge < -0.3 is 19.9 Å². The molecule has 0 spiro atoms. The summed E-state index contributed by atoms with van der Waals surface area (Å²) in [7, 11) is 1.96. The molecule has 1 atom stereocenters. The predicted molar refractivity (Wildman–Crippen MR) is 99.6 cm³/mol. The Kier molecular flexibility index (Phi) is 7.64. The van der Waals surface area contributed by atoms with Gasteiger partial charge in [0.1, 0.15) is 12.4 Å². The lowest BCUT2D eigenvalue weighted by molar-refractivity contribution is -0.0284. The topological polar surface area (TPSA) is 79.6 Å². The number of guanidine groups is 1. The molecule has 0 aliphatic carbocycles. The number of morpholine rings is 1. The number of aliphatic imine (C=N–C) groups is 1. The van der Waals surface area contributed by atoms with E-state index in [-0.39, 0.29) is 6.10 Å². The van der Waals surface area contributed by atoms with Crippen molar-refractivity contribution in [3.63, 3.8) is 0 Å². The summed E-state index contributed by atoms with van der Waals surface area (Å²) in [4.78, 5) is 7.09. The van der Waals surface area contributed by atoms with E-state index in [0.29, 0.717) is 12.5 Å². The number of nitrogens with zero attached hydrogens (tertiary/aromatic N) is 5. The second-order valence-corrected chi connectivity index (χ2v) is 6.94. The number of aromatic nitrogens is 3. The van der Waals surface area contributed by atoms with Crippen LogP contribution in [0.15, 0.2) is 4.99 Å². The van der Waals surface area contributed by atoms with Gasteiger partial charge in [0.05, 0.1) is 12.7 Å². The highest BCUT2D eigenvalue weighted by atomic mass is 16.5. The van der Waals surface area contributed by atoms with E-state index in [0.717, 1.165) is 56.9 Å². The van der Waals surface area contributed by atoms with Crippen molar-refractivity contribution in [2.75, 3.05) is 39.3 Å². The molecule has 8 nitrogen and oxygen atoms in total. The molecular weight excluding hydrogens is 318 g/mol. The van der Waals surface area contributed by atoms with E-state index in [4.69, 9.17) is 4.74 Å². The third-order valence-electron chi connectivity index (χ3n) is 4.25. The van der Waals surface area contributed by atoms with Crippen molar-refractivity contribution in [2.24, 2.45) is 18.0 Å². The van der Waals surface area contributed by atoms with Crippen molar-refractivity contribution < 1.29 is 4.74 Å². The molecule has 1 fully saturated rings. The van der Waals surface area contributed by atoms with Gasteiger partial charge in [0.25, 0.3) is 0 Å². The fourth-order valence-corrected chi connectivity index (χ4v) is 2.88. The van der Waals surface area contributed by atoms with Crippen LogP contribution in [0.2, 0.25) is 0 Å². The quantitative estimate of drug-likeness (QED) is 0.551. The second kappa shape index (κ2) is 9.72. The number of hydrogen-bond acceptors (Lipinski definition) is 5. The fourth-order valence-electron chi connectivity index (χ4n) is 2.88. The Morgan fingerprint density at radius 1 is 1.36 bits per heavy atom. The number of nitrogens with one attached hydrogen (secondary N) is 2. The summed E-state index contributed by atoms with van der Waals surface area (Å²) in [6.45, 7) is 14.5. The van der Waals surface area contributed by atoms with Crippen LogP contribution in [-0.2, 0) is 18.3 Å². The van der Waals surface area contributed by atoms with Crippen LogP contribution in [0.3, 0.4) is 0 Å². The van der Waals surface area contributed by atoms with Crippen LogP contribution in [-0.4, -0.2) is 71.1 Å². The Morgan fingerprint density at radius 3 is 2.80 bits per heavy atom. The second-order valence-electron chi connectivity index (χ2n) is 6.94. The molecule has 2 heterocycles. The molecule has 25 heavy (non-hydrogen) atoms. The van der Waals surface area contributed by atoms with Gasteiger partial charge in [0, 0.05) is 39.8 Å². The Bertz CT molecular complexity index is 555. The van der Waals surface area contributed by atoms with Crippen molar-refractivity contribution in [1.82, 2.24) is 30.3 Å². The van der Waals surface area contributed by atoms with Gasteiger partial charge in [-0.1, -0.05) is 13.8 Å². The molecule has 1 aliphatic heterocycles. The van der Waals surface area contributed by atoms with E-state index >= 15 is 0 Å². The Labute approximate surface area is 151 Å². The number of ether oxygens (including phenoxy) is 1. The van der Waals surface area contributed by atoms with Crippen molar-refractivity contribution in [2.45, 2.75) is 40.3 Å². The van der Waals surface area contributed by atoms with E-state index < -0.39 is 0 Å². The molecule has 1 aromatic heterocycles. The first-order chi connectivity index (χ1) is 12.0. The molecule has 142 valence electrons. The van der Waals surface area contributed by atoms with E-state index in [1.807, 2.05) is 18.5 Å². The summed E-state index contributed by atoms with van der Waals surface area (Å²) in [5.74, 6) is 3.21. The number of aryl methyl sites for hydroxylation is 1. The number of rotatable bonds is 7. The average Bonchev–Trinajstić information content (AvgIpc) is 2.89. The van der Waals surface area contributed by atoms with Crippen molar-refractivity contribution in [3.8, 4) is 0 Å². The monoisotopic (exact) mass is 351 g/mol. The fraction of sp³-hybridized carbons (Fsp3) is 0.824. The van der Waals surface area contributed by atoms with Crippen LogP contribution in [0.1, 0.15) is 32.4 Å². The predicted octanol–water partition coefficient (Wildman–Crippen LogP) is 0.535. The summed E-state index contributed by atoms with van der Waals surface area (Å²) in [5, 5.41) is 14.9. The lowest BCUT2D eigenvalue weighted by Crippen LogP contribution is -2.50. The van der Waals surface area contributed by atoms with Gasteiger partial charge in [-0.25, -0.2) is 4.99 Å². The first-order valence-electron chi connectivity index (χ1n) is 9.20. The minimum absolute atomic E-state index is 0.188. The minimum Gasteiger partial charge on any atom is -0.374 e. The van der Waals surface area contributed by atoms with Gasteiger partial charge >= 0.3 is 0 Å². The zero-order chi connectivity index (χ0) is 18.2. The van der Waals surface area contributed by atoms with Gasteiger partial charge in [-0.15, -0.1) is 10.2 Å². The summed E-state index contributed by atoms with van der Waals surface area (Å²) < 4.78 is 7.85. The van der Waals surface area contributed by atoms with Crippen LogP contribution in [0.25, 0.3) is 0 Å². The third kappa shape index (κ3) is 6.28. The Morgan fingerprint density at radius 2 is 2.16 bits per heavy atom. The molecule has 0 saturated carbocycles. The Hall–Kier alpha value is -1.67. The van der Waals surface area contributed by atoms with Gasteiger partial charge in [0.15, 0.2) is 11.8 Å². The zero-order valence-electron chi connectivity index (χ0n) is 16.2. The molecule has 1 aliphatic rings. The molecular formula is C17H33N7O. The highest BCUT2D eigenvalue weighted by Gasteiger charge is 2.21. The summed E-state index contributed by atoms with van der Waals surface area (Å²) in [5.41, 5.74) is 0. The number of hydrogen-bond donors (Lipinski definition) is 2. The third-order valence-corrected chi connectivity index (χ3v) is 4.25. The average molecular weight is 351 g/mol. The van der Waals surface area contributed by atoms with Gasteiger partial charge in [-0.3, -0.25) is 4.90 Å². The zero-order valence-corrected chi connectivity index (χ0v) is 16.2. The highest BCUT2D eigenvalue weighted by molar-refractivity contribution is 5.79. The largest absolute Gasteiger partial charge is 0.374 e. The molecule has 0 radical (unpaired) electrons. The molecule has 0 aromatic carbocycles. The molecule has 1 aromatic rings.